The van der Waals surface area contributed by atoms with Crippen molar-refractivity contribution in [2.24, 2.45) is 0 Å². The Kier molecular flexibility index (Phi) is 11.4. The quantitative estimate of drug-likeness (QED) is 0.216. The molecule has 0 rings (SSSR count). The number of esters is 2. The average molecular weight is 432 g/mol. The number of carbonyl (C=O) groups is 2. The van der Waals surface area contributed by atoms with Crippen LogP contribution >= 0.6 is 31.9 Å². The first-order valence-corrected chi connectivity index (χ1v) is 8.94. The van der Waals surface area contributed by atoms with E-state index in [0.29, 0.717) is 6.61 Å². The number of hydrogen-bond donors (Lipinski definition) is 0. The summed E-state index contributed by atoms with van der Waals surface area (Å²) >= 11 is 6.38. The van der Waals surface area contributed by atoms with Gasteiger partial charge in [-0.3, -0.25) is 0 Å². The molecule has 0 aliphatic carbocycles. The van der Waals surface area contributed by atoms with E-state index in [9.17, 15) is 9.59 Å². The van der Waals surface area contributed by atoms with Crippen molar-refractivity contribution in [2.75, 3.05) is 19.8 Å². The normalized spacial score (nSPS) is 12.8. The van der Waals surface area contributed by atoms with Crippen LogP contribution in [0.4, 0.5) is 0 Å². The summed E-state index contributed by atoms with van der Waals surface area (Å²) < 4.78 is 13.9. The minimum atomic E-state index is -1.69. The first-order valence-electron chi connectivity index (χ1n) is 7.24. The molecule has 0 aromatic rings. The molecule has 0 heterocycles. The van der Waals surface area contributed by atoms with Crippen LogP contribution in [0.2, 0.25) is 0 Å². The molecule has 0 spiro atoms. The molecule has 1 unspecified atom stereocenters. The lowest BCUT2D eigenvalue weighted by Crippen LogP contribution is -2.51. The number of rotatable bonds is 11. The highest BCUT2D eigenvalue weighted by atomic mass is 79.9. The summed E-state index contributed by atoms with van der Waals surface area (Å²) in [5, 5.41) is -0.863. The van der Waals surface area contributed by atoms with Gasteiger partial charge in [-0.25, -0.2) is 9.59 Å². The summed E-state index contributed by atoms with van der Waals surface area (Å²) in [4.78, 5) is 24.5. The first kappa shape index (κ1) is 20.9. The molecule has 0 aromatic carbocycles. The van der Waals surface area contributed by atoms with Gasteiger partial charge in [-0.1, -0.05) is 58.5 Å². The number of ether oxygens (including phenoxy) is 3. The van der Waals surface area contributed by atoms with Gasteiger partial charge in [0.1, 0.15) is 5.01 Å². The van der Waals surface area contributed by atoms with E-state index >= 15 is 0 Å². The molecule has 21 heavy (non-hydrogen) atoms. The molecule has 0 saturated carbocycles. The third kappa shape index (κ3) is 6.65. The third-order valence-electron chi connectivity index (χ3n) is 2.68. The van der Waals surface area contributed by atoms with Crippen molar-refractivity contribution in [3.05, 3.63) is 0 Å². The minimum Gasteiger partial charge on any atom is -0.464 e. The minimum absolute atomic E-state index is 0.261. The van der Waals surface area contributed by atoms with Gasteiger partial charge in [-0.2, -0.15) is 0 Å². The Balaban J connectivity index is 4.90. The summed E-state index contributed by atoms with van der Waals surface area (Å²) in [5.74, 6) is -1.40. The fourth-order valence-electron chi connectivity index (χ4n) is 1.36. The van der Waals surface area contributed by atoms with Crippen LogP contribution in [0.5, 0.6) is 0 Å². The van der Waals surface area contributed by atoms with Gasteiger partial charge < -0.3 is 14.2 Å². The lowest BCUT2D eigenvalue weighted by Gasteiger charge is -2.27. The third-order valence-corrected chi connectivity index (χ3v) is 5.31. The highest BCUT2D eigenvalue weighted by Gasteiger charge is 2.53. The lowest BCUT2D eigenvalue weighted by molar-refractivity contribution is -0.162. The number of halogens is 2. The van der Waals surface area contributed by atoms with E-state index in [2.05, 4.69) is 31.9 Å². The van der Waals surface area contributed by atoms with Gasteiger partial charge >= 0.3 is 11.9 Å². The molecule has 0 aliphatic rings. The Morgan fingerprint density at radius 3 is 1.76 bits per heavy atom. The van der Waals surface area contributed by atoms with E-state index in [4.69, 9.17) is 14.2 Å². The Bertz CT molecular complexity index is 300. The van der Waals surface area contributed by atoms with E-state index in [1.807, 2.05) is 13.8 Å². The van der Waals surface area contributed by atoms with Crippen molar-refractivity contribution in [2.45, 2.75) is 55.8 Å². The van der Waals surface area contributed by atoms with Gasteiger partial charge in [0, 0.05) is 6.61 Å². The van der Waals surface area contributed by atoms with E-state index in [1.165, 1.54) is 0 Å². The molecule has 0 radical (unpaired) electrons. The van der Waals surface area contributed by atoms with Crippen LogP contribution in [-0.4, -0.2) is 41.1 Å². The summed E-state index contributed by atoms with van der Waals surface area (Å²) in [6.45, 7) is 6.61. The van der Waals surface area contributed by atoms with Crippen LogP contribution < -0.4 is 0 Å². The highest BCUT2D eigenvalue weighted by molar-refractivity contribution is 9.13. The fraction of sp³-hybridized carbons (Fsp3) is 0.857. The molecule has 0 amide bonds. The Hall–Kier alpha value is -0.140. The maximum Gasteiger partial charge on any atom is 0.338 e. The zero-order valence-corrected chi connectivity index (χ0v) is 16.0. The standard InChI is InChI=1S/C14H24Br2O5/c1-4-7-9-20-12(17)14(16,11(15)19-6-3)13(18)21-10-8-5-2/h11H,4-10H2,1-3H3. The van der Waals surface area contributed by atoms with Crippen molar-refractivity contribution in [1.29, 1.82) is 0 Å². The topological polar surface area (TPSA) is 61.8 Å². The van der Waals surface area contributed by atoms with Crippen LogP contribution in [0.3, 0.4) is 0 Å². The molecule has 0 N–H and O–H groups in total. The molecular formula is C14H24Br2O5. The van der Waals surface area contributed by atoms with Gasteiger partial charge in [-0.05, 0) is 19.8 Å². The largest absolute Gasteiger partial charge is 0.464 e. The first-order chi connectivity index (χ1) is 9.94. The molecular weight excluding hydrogens is 408 g/mol. The van der Waals surface area contributed by atoms with Crippen LogP contribution in [0.25, 0.3) is 0 Å². The average Bonchev–Trinajstić information content (AvgIpc) is 2.46. The van der Waals surface area contributed by atoms with Gasteiger partial charge in [0.2, 0.25) is 0 Å². The molecule has 0 aliphatic heterocycles. The number of unbranched alkanes of at least 4 members (excludes halogenated alkanes) is 2. The van der Waals surface area contributed by atoms with E-state index in [-0.39, 0.29) is 13.2 Å². The second-order valence-electron chi connectivity index (χ2n) is 4.46. The molecule has 0 fully saturated rings. The summed E-state index contributed by atoms with van der Waals surface area (Å²) in [5.41, 5.74) is 0. The van der Waals surface area contributed by atoms with Crippen LogP contribution in [0.15, 0.2) is 0 Å². The zero-order valence-electron chi connectivity index (χ0n) is 12.8. The predicted molar refractivity (Wildman–Crippen MR) is 87.7 cm³/mol. The maximum absolute atomic E-state index is 12.3. The van der Waals surface area contributed by atoms with Crippen molar-refractivity contribution in [3.8, 4) is 0 Å². The summed E-state index contributed by atoms with van der Waals surface area (Å²) in [7, 11) is 0. The van der Waals surface area contributed by atoms with E-state index in [1.54, 1.807) is 6.92 Å². The Morgan fingerprint density at radius 2 is 1.43 bits per heavy atom. The SMILES string of the molecule is CCCCOC(=O)C(Br)(C(=O)OCCCC)C(Br)OCC. The fourth-order valence-corrected chi connectivity index (χ4v) is 2.36. The molecule has 0 saturated heterocycles. The van der Waals surface area contributed by atoms with Crippen molar-refractivity contribution >= 4 is 43.8 Å². The molecule has 1 atom stereocenters. The lowest BCUT2D eigenvalue weighted by atomic mass is 10.1. The van der Waals surface area contributed by atoms with E-state index in [0.717, 1.165) is 25.7 Å². The second kappa shape index (κ2) is 11.4. The molecule has 7 heteroatoms. The molecule has 0 aromatic heterocycles. The number of alkyl halides is 2. The summed E-state index contributed by atoms with van der Waals surface area (Å²) in [6.07, 6.45) is 3.27. The number of carbonyl (C=O) groups excluding carboxylic acids is 2. The molecule has 0 bridgehead atoms. The van der Waals surface area contributed by atoms with Gasteiger partial charge in [0.05, 0.1) is 13.2 Å². The number of hydrogen-bond acceptors (Lipinski definition) is 5. The van der Waals surface area contributed by atoms with Crippen LogP contribution in [0.1, 0.15) is 46.5 Å². The van der Waals surface area contributed by atoms with Crippen molar-refractivity contribution in [3.63, 3.8) is 0 Å². The highest BCUT2D eigenvalue weighted by Crippen LogP contribution is 2.32. The Labute approximate surface area is 143 Å². The van der Waals surface area contributed by atoms with E-state index < -0.39 is 21.3 Å². The zero-order chi connectivity index (χ0) is 16.3. The van der Waals surface area contributed by atoms with Crippen molar-refractivity contribution < 1.29 is 23.8 Å². The molecule has 124 valence electrons. The van der Waals surface area contributed by atoms with Gasteiger partial charge in [-0.15, -0.1) is 0 Å². The smallest absolute Gasteiger partial charge is 0.338 e. The second-order valence-corrected chi connectivity index (χ2v) is 6.54. The summed E-state index contributed by atoms with van der Waals surface area (Å²) in [6, 6.07) is 0. The monoisotopic (exact) mass is 430 g/mol. The van der Waals surface area contributed by atoms with Gasteiger partial charge in [0.15, 0.2) is 0 Å². The van der Waals surface area contributed by atoms with Gasteiger partial charge in [0.25, 0.3) is 4.32 Å². The maximum atomic E-state index is 12.3. The van der Waals surface area contributed by atoms with Crippen molar-refractivity contribution in [1.82, 2.24) is 0 Å². The van der Waals surface area contributed by atoms with Crippen LogP contribution in [0, 0.1) is 0 Å². The molecule has 5 nitrogen and oxygen atoms in total. The Morgan fingerprint density at radius 1 is 1.00 bits per heavy atom. The van der Waals surface area contributed by atoms with Crippen LogP contribution in [-0.2, 0) is 23.8 Å². The predicted octanol–water partition coefficient (Wildman–Crippen LogP) is 3.56.